The molecule has 162 valence electrons. The van der Waals surface area contributed by atoms with E-state index in [2.05, 4.69) is 56.6 Å². The van der Waals surface area contributed by atoms with E-state index in [4.69, 9.17) is 0 Å². The molecule has 0 amide bonds. The highest BCUT2D eigenvalue weighted by Gasteiger charge is 2.16. The molecule has 4 rings (SSSR count). The van der Waals surface area contributed by atoms with Crippen molar-refractivity contribution in [2.45, 2.75) is 34.2 Å². The number of piperazine rings is 1. The summed E-state index contributed by atoms with van der Waals surface area (Å²) in [6, 6.07) is 14.6. The minimum absolute atomic E-state index is 0.604. The summed E-state index contributed by atoms with van der Waals surface area (Å²) in [5.41, 5.74) is 4.96. The van der Waals surface area contributed by atoms with Crippen molar-refractivity contribution in [2.75, 3.05) is 43.4 Å². The third-order valence-corrected chi connectivity index (χ3v) is 5.83. The van der Waals surface area contributed by atoms with Gasteiger partial charge in [0.15, 0.2) is 5.82 Å². The van der Waals surface area contributed by atoms with Crippen LogP contribution in [0.25, 0.3) is 10.8 Å². The van der Waals surface area contributed by atoms with Crippen LogP contribution in [0.4, 0.5) is 11.5 Å². The third-order valence-electron chi connectivity index (χ3n) is 5.83. The standard InChI is InChI=1S/C23H26N6.C2H6/c1-16-18(14-24)5-4-6-19(16)15-25-23-22-13-20(29-11-9-28(3)10-12-29)7-8-21(22)17(2)26-27-23;1-2/h4-8,13H,9-12,15H2,1-3H3,(H,25,27);1-2H3. The number of nitrogens with zero attached hydrogens (tertiary/aromatic N) is 5. The summed E-state index contributed by atoms with van der Waals surface area (Å²) >= 11 is 0. The molecule has 6 nitrogen and oxygen atoms in total. The maximum atomic E-state index is 9.27. The first-order chi connectivity index (χ1) is 15.1. The van der Waals surface area contributed by atoms with Crippen LogP contribution in [0.5, 0.6) is 0 Å². The van der Waals surface area contributed by atoms with E-state index in [1.165, 1.54) is 5.69 Å². The van der Waals surface area contributed by atoms with Crippen LogP contribution in [0.15, 0.2) is 36.4 Å². The van der Waals surface area contributed by atoms with Crippen LogP contribution < -0.4 is 10.2 Å². The Hall–Kier alpha value is -3.17. The molecule has 2 heterocycles. The second-order valence-corrected chi connectivity index (χ2v) is 7.71. The largest absolute Gasteiger partial charge is 0.369 e. The Bertz CT molecular complexity index is 1080. The summed E-state index contributed by atoms with van der Waals surface area (Å²) < 4.78 is 0. The van der Waals surface area contributed by atoms with Gasteiger partial charge in [-0.25, -0.2) is 0 Å². The van der Waals surface area contributed by atoms with Gasteiger partial charge in [-0.2, -0.15) is 10.4 Å². The number of nitrogens with one attached hydrogen (secondary N) is 1. The van der Waals surface area contributed by atoms with E-state index in [0.29, 0.717) is 12.1 Å². The molecule has 0 saturated carbocycles. The van der Waals surface area contributed by atoms with E-state index in [9.17, 15) is 5.26 Å². The molecule has 0 aliphatic carbocycles. The van der Waals surface area contributed by atoms with Crippen molar-refractivity contribution < 1.29 is 0 Å². The zero-order valence-corrected chi connectivity index (χ0v) is 19.2. The van der Waals surface area contributed by atoms with Crippen molar-refractivity contribution in [3.8, 4) is 6.07 Å². The fraction of sp³-hybridized carbons (Fsp3) is 0.400. The first-order valence-corrected chi connectivity index (χ1v) is 11.0. The van der Waals surface area contributed by atoms with Gasteiger partial charge in [0.1, 0.15) is 0 Å². The van der Waals surface area contributed by atoms with Gasteiger partial charge >= 0.3 is 0 Å². The van der Waals surface area contributed by atoms with Crippen LogP contribution in [-0.4, -0.2) is 48.3 Å². The van der Waals surface area contributed by atoms with E-state index in [1.54, 1.807) is 0 Å². The lowest BCUT2D eigenvalue weighted by Crippen LogP contribution is -2.44. The molecule has 1 aliphatic heterocycles. The Balaban J connectivity index is 0.00000132. The molecule has 1 aliphatic rings. The lowest BCUT2D eigenvalue weighted by atomic mass is 10.0. The van der Waals surface area contributed by atoms with Gasteiger partial charge in [-0.3, -0.25) is 0 Å². The van der Waals surface area contributed by atoms with Crippen LogP contribution in [-0.2, 0) is 6.54 Å². The number of aryl methyl sites for hydroxylation is 1. The topological polar surface area (TPSA) is 68.1 Å². The van der Waals surface area contributed by atoms with Crippen molar-refractivity contribution >= 4 is 22.3 Å². The molecule has 3 aromatic rings. The Morgan fingerprint density at radius 1 is 1.00 bits per heavy atom. The summed E-state index contributed by atoms with van der Waals surface area (Å²) in [6.45, 7) is 12.8. The Morgan fingerprint density at radius 3 is 2.45 bits per heavy atom. The molecule has 31 heavy (non-hydrogen) atoms. The second kappa shape index (κ2) is 10.2. The van der Waals surface area contributed by atoms with Crippen LogP contribution in [0.3, 0.4) is 0 Å². The Morgan fingerprint density at radius 2 is 1.74 bits per heavy atom. The molecule has 1 aromatic heterocycles. The lowest BCUT2D eigenvalue weighted by Gasteiger charge is -2.34. The number of nitriles is 1. The van der Waals surface area contributed by atoms with Crippen LogP contribution in [0.2, 0.25) is 0 Å². The Labute approximate surface area is 185 Å². The summed E-state index contributed by atoms with van der Waals surface area (Å²) in [7, 11) is 2.17. The number of hydrogen-bond acceptors (Lipinski definition) is 6. The monoisotopic (exact) mass is 416 g/mol. The van der Waals surface area contributed by atoms with Crippen molar-refractivity contribution in [2.24, 2.45) is 0 Å². The first kappa shape index (κ1) is 22.5. The quantitative estimate of drug-likeness (QED) is 0.675. The number of likely N-dealkylation sites (N-methyl/N-ethyl adjacent to an activating group) is 1. The summed E-state index contributed by atoms with van der Waals surface area (Å²) in [5, 5.41) is 23.7. The molecule has 6 heteroatoms. The fourth-order valence-corrected chi connectivity index (χ4v) is 3.84. The molecule has 0 spiro atoms. The molecule has 1 N–H and O–H groups in total. The van der Waals surface area contributed by atoms with Crippen LogP contribution >= 0.6 is 0 Å². The minimum atomic E-state index is 0.604. The zero-order valence-electron chi connectivity index (χ0n) is 19.2. The number of benzene rings is 2. The van der Waals surface area contributed by atoms with Crippen molar-refractivity contribution in [1.82, 2.24) is 15.1 Å². The number of aromatic nitrogens is 2. The van der Waals surface area contributed by atoms with Crippen molar-refractivity contribution in [3.05, 3.63) is 58.8 Å². The van der Waals surface area contributed by atoms with Gasteiger partial charge in [0.2, 0.25) is 0 Å². The predicted molar refractivity (Wildman–Crippen MR) is 129 cm³/mol. The van der Waals surface area contributed by atoms with E-state index in [0.717, 1.165) is 59.6 Å². The summed E-state index contributed by atoms with van der Waals surface area (Å²) in [4.78, 5) is 4.79. The fourth-order valence-electron chi connectivity index (χ4n) is 3.84. The van der Waals surface area contributed by atoms with Gasteiger partial charge in [-0.05, 0) is 50.2 Å². The van der Waals surface area contributed by atoms with Gasteiger partial charge in [0.05, 0.1) is 17.3 Å². The molecule has 0 bridgehead atoms. The van der Waals surface area contributed by atoms with Crippen LogP contribution in [0.1, 0.15) is 36.2 Å². The highest BCUT2D eigenvalue weighted by molar-refractivity contribution is 5.95. The summed E-state index contributed by atoms with van der Waals surface area (Å²) in [5.74, 6) is 0.781. The Kier molecular flexibility index (Phi) is 7.43. The summed E-state index contributed by atoms with van der Waals surface area (Å²) in [6.07, 6.45) is 0. The molecular formula is C25H32N6. The molecule has 1 saturated heterocycles. The van der Waals surface area contributed by atoms with Gasteiger partial charge in [-0.15, -0.1) is 5.10 Å². The molecule has 1 fully saturated rings. The van der Waals surface area contributed by atoms with Gasteiger partial charge in [-0.1, -0.05) is 32.0 Å². The maximum Gasteiger partial charge on any atom is 0.156 e. The second-order valence-electron chi connectivity index (χ2n) is 7.71. The van der Waals surface area contributed by atoms with E-state index in [1.807, 2.05) is 45.9 Å². The average Bonchev–Trinajstić information content (AvgIpc) is 2.81. The van der Waals surface area contributed by atoms with Crippen LogP contribution in [0, 0.1) is 25.2 Å². The first-order valence-electron chi connectivity index (χ1n) is 11.0. The van der Waals surface area contributed by atoms with Gasteiger partial charge < -0.3 is 15.1 Å². The zero-order chi connectivity index (χ0) is 22.4. The predicted octanol–water partition coefficient (Wildman–Crippen LogP) is 4.51. The van der Waals surface area contributed by atoms with Gasteiger partial charge in [0.25, 0.3) is 0 Å². The van der Waals surface area contributed by atoms with E-state index >= 15 is 0 Å². The molecule has 0 radical (unpaired) electrons. The third kappa shape index (κ3) is 4.95. The maximum absolute atomic E-state index is 9.27. The van der Waals surface area contributed by atoms with E-state index < -0.39 is 0 Å². The van der Waals surface area contributed by atoms with Crippen molar-refractivity contribution in [3.63, 3.8) is 0 Å². The smallest absolute Gasteiger partial charge is 0.156 e. The molecular weight excluding hydrogens is 384 g/mol. The number of anilines is 2. The van der Waals surface area contributed by atoms with Gasteiger partial charge in [0, 0.05) is 49.2 Å². The van der Waals surface area contributed by atoms with E-state index in [-0.39, 0.29) is 0 Å². The number of fused-ring (bicyclic) bond motifs is 1. The molecule has 0 unspecified atom stereocenters. The lowest BCUT2D eigenvalue weighted by molar-refractivity contribution is 0.313. The van der Waals surface area contributed by atoms with Crippen molar-refractivity contribution in [1.29, 1.82) is 5.26 Å². The molecule has 2 aromatic carbocycles. The number of hydrogen-bond donors (Lipinski definition) is 1. The SMILES string of the molecule is CC.Cc1c(C#N)cccc1CNc1nnc(C)c2ccc(N3CCN(C)CC3)cc12. The minimum Gasteiger partial charge on any atom is -0.369 e. The normalized spacial score (nSPS) is 14.0. The average molecular weight is 417 g/mol. The molecule has 0 atom stereocenters. The highest BCUT2D eigenvalue weighted by Crippen LogP contribution is 2.29. The highest BCUT2D eigenvalue weighted by atomic mass is 15.2. The number of rotatable bonds is 4.